The molecule has 0 saturated carbocycles. The Hall–Kier alpha value is -2.81. The molecule has 1 aromatic carbocycles. The van der Waals surface area contributed by atoms with Crippen LogP contribution in [-0.4, -0.2) is 35.6 Å². The highest BCUT2D eigenvalue weighted by Crippen LogP contribution is 2.31. The van der Waals surface area contributed by atoms with Gasteiger partial charge in [-0.05, 0) is 31.2 Å². The average molecular weight is 390 g/mol. The van der Waals surface area contributed by atoms with Crippen molar-refractivity contribution in [2.24, 2.45) is 5.92 Å². The number of para-hydroxylation sites is 1. The van der Waals surface area contributed by atoms with Crippen LogP contribution in [0.5, 0.6) is 0 Å². The molecule has 27 heavy (non-hydrogen) atoms. The number of rotatable bonds is 4. The van der Waals surface area contributed by atoms with Gasteiger partial charge in [-0.2, -0.15) is 0 Å². The molecule has 9 heteroatoms. The van der Waals surface area contributed by atoms with E-state index in [0.717, 1.165) is 6.07 Å². The molecule has 1 aromatic heterocycles. The lowest BCUT2D eigenvalue weighted by Crippen LogP contribution is -2.44. The number of hydrogen-bond donors (Lipinski definition) is 2. The Bertz CT molecular complexity index is 941. The molecule has 2 atom stereocenters. The summed E-state index contributed by atoms with van der Waals surface area (Å²) in [5, 5.41) is 4.71. The van der Waals surface area contributed by atoms with Crippen LogP contribution >= 0.6 is 11.8 Å². The van der Waals surface area contributed by atoms with E-state index in [4.69, 9.17) is 9.15 Å². The minimum atomic E-state index is -0.815. The maximum atomic E-state index is 12.5. The van der Waals surface area contributed by atoms with Crippen molar-refractivity contribution in [3.63, 3.8) is 0 Å². The topological polar surface area (TPSA) is 115 Å². The van der Waals surface area contributed by atoms with Gasteiger partial charge in [0.25, 0.3) is 5.91 Å². The van der Waals surface area contributed by atoms with E-state index < -0.39 is 29.2 Å². The standard InChI is InChI=1S/C18H18N2O6S/c1-2-25-18(24)20-15(22)11-7-8-27-17(11)19-16(23)14-9-12(21)10-5-3-4-6-13(10)26-14/h3-6,9,11,17H,2,7-8H2,1H3,(H,19,23)(H,20,22,24). The second-order valence-electron chi connectivity index (χ2n) is 5.84. The number of carbonyl (C=O) groups excluding carboxylic acids is 3. The fourth-order valence-corrected chi connectivity index (χ4v) is 4.10. The second-order valence-corrected chi connectivity index (χ2v) is 7.09. The number of amides is 3. The van der Waals surface area contributed by atoms with Crippen molar-refractivity contribution in [1.82, 2.24) is 10.6 Å². The quantitative estimate of drug-likeness (QED) is 0.819. The van der Waals surface area contributed by atoms with Gasteiger partial charge in [-0.15, -0.1) is 11.8 Å². The molecule has 2 N–H and O–H groups in total. The van der Waals surface area contributed by atoms with Crippen molar-refractivity contribution in [1.29, 1.82) is 0 Å². The normalized spacial score (nSPS) is 18.9. The van der Waals surface area contributed by atoms with Gasteiger partial charge >= 0.3 is 6.09 Å². The zero-order chi connectivity index (χ0) is 19.4. The van der Waals surface area contributed by atoms with Gasteiger partial charge in [0, 0.05) is 6.07 Å². The second kappa shape index (κ2) is 8.26. The summed E-state index contributed by atoms with van der Waals surface area (Å²) in [6.07, 6.45) is -0.312. The Morgan fingerprint density at radius 2 is 2.07 bits per heavy atom. The number of thioether (sulfide) groups is 1. The summed E-state index contributed by atoms with van der Waals surface area (Å²) in [6, 6.07) is 7.76. The summed E-state index contributed by atoms with van der Waals surface area (Å²) in [6.45, 7) is 1.79. The van der Waals surface area contributed by atoms with Crippen molar-refractivity contribution >= 4 is 40.6 Å². The summed E-state index contributed by atoms with van der Waals surface area (Å²) >= 11 is 1.39. The molecule has 1 saturated heterocycles. The molecule has 0 spiro atoms. The van der Waals surface area contributed by atoms with Crippen LogP contribution in [0.1, 0.15) is 23.9 Å². The van der Waals surface area contributed by atoms with Gasteiger partial charge < -0.3 is 14.5 Å². The lowest BCUT2D eigenvalue weighted by Gasteiger charge is -2.19. The van der Waals surface area contributed by atoms with Gasteiger partial charge in [-0.3, -0.25) is 19.7 Å². The van der Waals surface area contributed by atoms with Gasteiger partial charge in [0.2, 0.25) is 5.91 Å². The van der Waals surface area contributed by atoms with Crippen molar-refractivity contribution in [2.45, 2.75) is 18.7 Å². The van der Waals surface area contributed by atoms with Gasteiger partial charge in [0.15, 0.2) is 11.2 Å². The van der Waals surface area contributed by atoms with E-state index in [1.54, 1.807) is 31.2 Å². The number of nitrogens with one attached hydrogen (secondary N) is 2. The number of hydrogen-bond acceptors (Lipinski definition) is 7. The maximum absolute atomic E-state index is 12.5. The molecule has 1 fully saturated rings. The zero-order valence-corrected chi connectivity index (χ0v) is 15.3. The van der Waals surface area contributed by atoms with Crippen LogP contribution in [0.4, 0.5) is 4.79 Å². The van der Waals surface area contributed by atoms with Crippen LogP contribution in [0, 0.1) is 5.92 Å². The smallest absolute Gasteiger partial charge is 0.413 e. The highest BCUT2D eigenvalue weighted by Gasteiger charge is 2.36. The van der Waals surface area contributed by atoms with E-state index in [1.165, 1.54) is 11.8 Å². The fraction of sp³-hybridized carbons (Fsp3) is 0.333. The first-order chi connectivity index (χ1) is 13.0. The zero-order valence-electron chi connectivity index (χ0n) is 14.5. The highest BCUT2D eigenvalue weighted by atomic mass is 32.2. The van der Waals surface area contributed by atoms with E-state index in [9.17, 15) is 19.2 Å². The molecular formula is C18H18N2O6S. The third kappa shape index (κ3) is 4.30. The third-order valence-electron chi connectivity index (χ3n) is 4.06. The molecule has 1 aliphatic rings. The predicted octanol–water partition coefficient (Wildman–Crippen LogP) is 1.87. The first-order valence-electron chi connectivity index (χ1n) is 8.42. The van der Waals surface area contributed by atoms with Crippen LogP contribution < -0.4 is 16.1 Å². The Labute approximate surface area is 158 Å². The first kappa shape index (κ1) is 19.0. The van der Waals surface area contributed by atoms with Crippen molar-refractivity contribution in [2.75, 3.05) is 12.4 Å². The summed E-state index contributed by atoms with van der Waals surface area (Å²) < 4.78 is 10.2. The predicted molar refractivity (Wildman–Crippen MR) is 99.5 cm³/mol. The molecule has 3 amide bonds. The van der Waals surface area contributed by atoms with Crippen molar-refractivity contribution < 1.29 is 23.5 Å². The Kier molecular flexibility index (Phi) is 5.80. The molecule has 142 valence electrons. The summed E-state index contributed by atoms with van der Waals surface area (Å²) in [5.74, 6) is -1.17. The van der Waals surface area contributed by atoms with E-state index in [2.05, 4.69) is 10.6 Å². The van der Waals surface area contributed by atoms with Crippen molar-refractivity contribution in [3.8, 4) is 0 Å². The van der Waals surface area contributed by atoms with Gasteiger partial charge in [0.1, 0.15) is 5.58 Å². The lowest BCUT2D eigenvalue weighted by atomic mass is 10.1. The molecule has 2 unspecified atom stereocenters. The Balaban J connectivity index is 1.72. The van der Waals surface area contributed by atoms with E-state index >= 15 is 0 Å². The van der Waals surface area contributed by atoms with Gasteiger partial charge in [0.05, 0.1) is 23.3 Å². The molecule has 2 aromatic rings. The Morgan fingerprint density at radius 3 is 2.85 bits per heavy atom. The minimum Gasteiger partial charge on any atom is -0.451 e. The molecule has 0 radical (unpaired) electrons. The number of ether oxygens (including phenoxy) is 1. The van der Waals surface area contributed by atoms with Crippen LogP contribution in [0.2, 0.25) is 0 Å². The average Bonchev–Trinajstić information content (AvgIpc) is 3.10. The van der Waals surface area contributed by atoms with E-state index in [-0.39, 0.29) is 17.8 Å². The molecule has 2 heterocycles. The van der Waals surface area contributed by atoms with E-state index in [1.807, 2.05) is 0 Å². The number of fused-ring (bicyclic) bond motifs is 1. The molecular weight excluding hydrogens is 372 g/mol. The first-order valence-corrected chi connectivity index (χ1v) is 9.47. The largest absolute Gasteiger partial charge is 0.451 e. The monoisotopic (exact) mass is 390 g/mol. The molecule has 0 aliphatic carbocycles. The van der Waals surface area contributed by atoms with E-state index in [0.29, 0.717) is 23.1 Å². The number of alkyl carbamates (subject to hydrolysis) is 1. The van der Waals surface area contributed by atoms with Crippen LogP contribution in [0.15, 0.2) is 39.5 Å². The summed E-state index contributed by atoms with van der Waals surface area (Å²) in [5.41, 5.74) is -0.0106. The van der Waals surface area contributed by atoms with Gasteiger partial charge in [-0.25, -0.2) is 4.79 Å². The summed E-state index contributed by atoms with van der Waals surface area (Å²) in [7, 11) is 0. The molecule has 1 aliphatic heterocycles. The van der Waals surface area contributed by atoms with Crippen LogP contribution in [-0.2, 0) is 9.53 Å². The van der Waals surface area contributed by atoms with Crippen molar-refractivity contribution in [3.05, 3.63) is 46.3 Å². The number of carbonyl (C=O) groups is 3. The molecule has 8 nitrogen and oxygen atoms in total. The SMILES string of the molecule is CCOC(=O)NC(=O)C1CCSC1NC(=O)c1cc(=O)c2ccccc2o1. The van der Waals surface area contributed by atoms with Crippen LogP contribution in [0.25, 0.3) is 11.0 Å². The Morgan fingerprint density at radius 1 is 1.30 bits per heavy atom. The highest BCUT2D eigenvalue weighted by molar-refractivity contribution is 8.00. The number of benzene rings is 1. The summed E-state index contributed by atoms with van der Waals surface area (Å²) in [4.78, 5) is 48.3. The lowest BCUT2D eigenvalue weighted by molar-refractivity contribution is -0.124. The maximum Gasteiger partial charge on any atom is 0.413 e. The third-order valence-corrected chi connectivity index (χ3v) is 5.34. The van der Waals surface area contributed by atoms with Gasteiger partial charge in [-0.1, -0.05) is 12.1 Å². The molecule has 0 bridgehead atoms. The number of imide groups is 1. The fourth-order valence-electron chi connectivity index (χ4n) is 2.78. The molecule has 3 rings (SSSR count). The minimum absolute atomic E-state index is 0.129. The van der Waals surface area contributed by atoms with Crippen LogP contribution in [0.3, 0.4) is 0 Å².